The van der Waals surface area contributed by atoms with Gasteiger partial charge in [0.05, 0.1) is 6.42 Å². The standard InChI is InChI=1S/C9H14F3NO/c10-9(11,12)5-4-8(14)6-2-1-3-7(6)13/h6-7H,1-5,13H2. The molecule has 5 heteroatoms. The fraction of sp³-hybridized carbons (Fsp3) is 0.889. The average Bonchev–Trinajstić information content (AvgIpc) is 2.46. The average molecular weight is 209 g/mol. The lowest BCUT2D eigenvalue weighted by Crippen LogP contribution is -2.31. The molecule has 1 aliphatic carbocycles. The first kappa shape index (κ1) is 11.5. The van der Waals surface area contributed by atoms with E-state index in [1.807, 2.05) is 0 Å². The van der Waals surface area contributed by atoms with E-state index in [9.17, 15) is 18.0 Å². The summed E-state index contributed by atoms with van der Waals surface area (Å²) in [5, 5.41) is 0. The van der Waals surface area contributed by atoms with Crippen LogP contribution in [0, 0.1) is 5.92 Å². The zero-order valence-electron chi connectivity index (χ0n) is 7.81. The molecule has 2 N–H and O–H groups in total. The Balaban J connectivity index is 2.35. The second-order valence-electron chi connectivity index (χ2n) is 3.78. The first-order valence-corrected chi connectivity index (χ1v) is 4.75. The summed E-state index contributed by atoms with van der Waals surface area (Å²) in [6, 6.07) is -0.226. The first-order chi connectivity index (χ1) is 6.40. The number of carbonyl (C=O) groups is 1. The van der Waals surface area contributed by atoms with E-state index in [2.05, 4.69) is 0 Å². The molecule has 2 unspecified atom stereocenters. The summed E-state index contributed by atoms with van der Waals surface area (Å²) in [7, 11) is 0. The van der Waals surface area contributed by atoms with Crippen molar-refractivity contribution in [3.63, 3.8) is 0 Å². The highest BCUT2D eigenvalue weighted by atomic mass is 19.4. The van der Waals surface area contributed by atoms with Gasteiger partial charge in [0.1, 0.15) is 5.78 Å². The Bertz CT molecular complexity index is 215. The molecule has 0 bridgehead atoms. The summed E-state index contributed by atoms with van der Waals surface area (Å²) in [5.41, 5.74) is 5.62. The Kier molecular flexibility index (Phi) is 3.53. The van der Waals surface area contributed by atoms with Crippen LogP contribution in [0.1, 0.15) is 32.1 Å². The lowest BCUT2D eigenvalue weighted by atomic mass is 9.96. The molecule has 1 aliphatic rings. The zero-order valence-corrected chi connectivity index (χ0v) is 7.81. The van der Waals surface area contributed by atoms with Gasteiger partial charge < -0.3 is 5.73 Å². The van der Waals surface area contributed by atoms with Crippen LogP contribution in [0.25, 0.3) is 0 Å². The van der Waals surface area contributed by atoms with Crippen LogP contribution in [0.5, 0.6) is 0 Å². The van der Waals surface area contributed by atoms with Crippen LogP contribution in [0.3, 0.4) is 0 Å². The lowest BCUT2D eigenvalue weighted by molar-refractivity contribution is -0.144. The van der Waals surface area contributed by atoms with Crippen molar-refractivity contribution in [2.24, 2.45) is 11.7 Å². The normalized spacial score (nSPS) is 28.0. The molecule has 1 fully saturated rings. The molecule has 0 aromatic rings. The van der Waals surface area contributed by atoms with Gasteiger partial charge in [-0.15, -0.1) is 0 Å². The highest BCUT2D eigenvalue weighted by molar-refractivity contribution is 5.82. The van der Waals surface area contributed by atoms with Crippen molar-refractivity contribution in [3.05, 3.63) is 0 Å². The Morgan fingerprint density at radius 1 is 1.36 bits per heavy atom. The fourth-order valence-electron chi connectivity index (χ4n) is 1.84. The molecular weight excluding hydrogens is 195 g/mol. The fourth-order valence-corrected chi connectivity index (χ4v) is 1.84. The van der Waals surface area contributed by atoms with Crippen LogP contribution >= 0.6 is 0 Å². The second-order valence-corrected chi connectivity index (χ2v) is 3.78. The number of hydrogen-bond donors (Lipinski definition) is 1. The molecule has 0 aliphatic heterocycles. The second kappa shape index (κ2) is 4.29. The number of halogens is 3. The third-order valence-electron chi connectivity index (χ3n) is 2.64. The molecule has 0 aromatic heterocycles. The minimum atomic E-state index is -4.24. The quantitative estimate of drug-likeness (QED) is 0.772. The van der Waals surface area contributed by atoms with E-state index >= 15 is 0 Å². The summed E-state index contributed by atoms with van der Waals surface area (Å²) in [4.78, 5) is 11.3. The summed E-state index contributed by atoms with van der Waals surface area (Å²) < 4.78 is 35.4. The Hall–Kier alpha value is -0.580. The van der Waals surface area contributed by atoms with E-state index in [1.165, 1.54) is 0 Å². The Labute approximate surface area is 80.7 Å². The van der Waals surface area contributed by atoms with Crippen molar-refractivity contribution in [2.45, 2.75) is 44.3 Å². The van der Waals surface area contributed by atoms with Crippen molar-refractivity contribution in [2.75, 3.05) is 0 Å². The maximum Gasteiger partial charge on any atom is 0.389 e. The van der Waals surface area contributed by atoms with Gasteiger partial charge in [-0.3, -0.25) is 4.79 Å². The van der Waals surface area contributed by atoms with Gasteiger partial charge in [-0.1, -0.05) is 6.42 Å². The van der Waals surface area contributed by atoms with E-state index < -0.39 is 19.0 Å². The first-order valence-electron chi connectivity index (χ1n) is 4.75. The predicted molar refractivity (Wildman–Crippen MR) is 45.6 cm³/mol. The maximum absolute atomic E-state index is 11.8. The number of hydrogen-bond acceptors (Lipinski definition) is 2. The van der Waals surface area contributed by atoms with Crippen molar-refractivity contribution in [1.82, 2.24) is 0 Å². The molecule has 2 nitrogen and oxygen atoms in total. The van der Waals surface area contributed by atoms with Crippen LogP contribution in [-0.2, 0) is 4.79 Å². The highest BCUT2D eigenvalue weighted by Gasteiger charge is 2.33. The van der Waals surface area contributed by atoms with E-state index in [4.69, 9.17) is 5.73 Å². The highest BCUT2D eigenvalue weighted by Crippen LogP contribution is 2.28. The van der Waals surface area contributed by atoms with Crippen molar-refractivity contribution >= 4 is 5.78 Å². The lowest BCUT2D eigenvalue weighted by Gasteiger charge is -2.14. The van der Waals surface area contributed by atoms with Crippen LogP contribution in [0.4, 0.5) is 13.2 Å². The molecule has 0 spiro atoms. The summed E-state index contributed by atoms with van der Waals surface area (Å²) >= 11 is 0. The molecule has 1 saturated carbocycles. The van der Waals surface area contributed by atoms with Crippen molar-refractivity contribution in [3.8, 4) is 0 Å². The van der Waals surface area contributed by atoms with Crippen molar-refractivity contribution < 1.29 is 18.0 Å². The molecule has 0 radical (unpaired) electrons. The predicted octanol–water partition coefficient (Wildman–Crippen LogP) is 2.03. The maximum atomic E-state index is 11.8. The summed E-state index contributed by atoms with van der Waals surface area (Å²) in [6.45, 7) is 0. The number of ketones is 1. The van der Waals surface area contributed by atoms with Gasteiger partial charge in [-0.2, -0.15) is 13.2 Å². The zero-order chi connectivity index (χ0) is 10.8. The van der Waals surface area contributed by atoms with Crippen LogP contribution < -0.4 is 5.73 Å². The summed E-state index contributed by atoms with van der Waals surface area (Å²) in [5.74, 6) is -0.662. The van der Waals surface area contributed by atoms with E-state index in [0.717, 1.165) is 12.8 Å². The van der Waals surface area contributed by atoms with Crippen molar-refractivity contribution in [1.29, 1.82) is 0 Å². The topological polar surface area (TPSA) is 43.1 Å². The van der Waals surface area contributed by atoms with Gasteiger partial charge >= 0.3 is 6.18 Å². The molecular formula is C9H14F3NO. The monoisotopic (exact) mass is 209 g/mol. The van der Waals surface area contributed by atoms with E-state index in [0.29, 0.717) is 6.42 Å². The Morgan fingerprint density at radius 3 is 2.43 bits per heavy atom. The van der Waals surface area contributed by atoms with Crippen LogP contribution in [0.2, 0.25) is 0 Å². The van der Waals surface area contributed by atoms with Gasteiger partial charge in [0.2, 0.25) is 0 Å². The molecule has 1 rings (SSSR count). The van der Waals surface area contributed by atoms with Gasteiger partial charge in [-0.25, -0.2) is 0 Å². The number of rotatable bonds is 3. The van der Waals surface area contributed by atoms with Gasteiger partial charge in [-0.05, 0) is 12.8 Å². The molecule has 0 heterocycles. The number of nitrogens with two attached hydrogens (primary N) is 1. The van der Waals surface area contributed by atoms with E-state index in [-0.39, 0.29) is 17.7 Å². The number of alkyl halides is 3. The molecule has 82 valence electrons. The minimum absolute atomic E-state index is 0.226. The molecule has 2 atom stereocenters. The van der Waals surface area contributed by atoms with E-state index in [1.54, 1.807) is 0 Å². The largest absolute Gasteiger partial charge is 0.389 e. The SMILES string of the molecule is NC1CCCC1C(=O)CCC(F)(F)F. The van der Waals surface area contributed by atoms with Gasteiger partial charge in [0.15, 0.2) is 0 Å². The molecule has 0 saturated heterocycles. The summed E-state index contributed by atoms with van der Waals surface area (Å²) in [6.07, 6.45) is -3.42. The third-order valence-corrected chi connectivity index (χ3v) is 2.64. The van der Waals surface area contributed by atoms with Gasteiger partial charge in [0.25, 0.3) is 0 Å². The number of Topliss-reactive ketones (excluding diaryl/α,β-unsaturated/α-hetero) is 1. The smallest absolute Gasteiger partial charge is 0.327 e. The van der Waals surface area contributed by atoms with Gasteiger partial charge in [0, 0.05) is 18.4 Å². The third kappa shape index (κ3) is 3.29. The minimum Gasteiger partial charge on any atom is -0.327 e. The van der Waals surface area contributed by atoms with Crippen LogP contribution in [-0.4, -0.2) is 18.0 Å². The van der Waals surface area contributed by atoms with Crippen LogP contribution in [0.15, 0.2) is 0 Å². The Morgan fingerprint density at radius 2 is 2.00 bits per heavy atom. The molecule has 14 heavy (non-hydrogen) atoms. The number of carbonyl (C=O) groups excluding carboxylic acids is 1. The molecule has 0 aromatic carbocycles. The molecule has 0 amide bonds.